The maximum atomic E-state index is 12.6. The molecule has 0 aliphatic carbocycles. The number of hydrogen-bond donors (Lipinski definition) is 0. The molecule has 150 valence electrons. The minimum absolute atomic E-state index is 0.0234. The zero-order valence-corrected chi connectivity index (χ0v) is 18.2. The zero-order valence-electron chi connectivity index (χ0n) is 16.6. The fourth-order valence-corrected chi connectivity index (χ4v) is 5.05. The Bertz CT molecular complexity index is 801. The molecule has 0 spiro atoms. The van der Waals surface area contributed by atoms with Gasteiger partial charge in [-0.25, -0.2) is 0 Å². The van der Waals surface area contributed by atoms with E-state index in [1.165, 1.54) is 4.90 Å². The molecule has 0 radical (unpaired) electrons. The van der Waals surface area contributed by atoms with Gasteiger partial charge in [-0.3, -0.25) is 4.79 Å². The third kappa shape index (κ3) is 4.36. The van der Waals surface area contributed by atoms with Crippen LogP contribution in [0.2, 0.25) is 0 Å². The highest BCUT2D eigenvalue weighted by atomic mass is 32.2. The Labute approximate surface area is 174 Å². The van der Waals surface area contributed by atoms with Gasteiger partial charge in [0.05, 0.1) is 39.2 Å². The summed E-state index contributed by atoms with van der Waals surface area (Å²) in [4.78, 5) is 15.8. The summed E-state index contributed by atoms with van der Waals surface area (Å²) in [7, 11) is 4.82. The van der Waals surface area contributed by atoms with Crippen LogP contribution in [0.3, 0.4) is 0 Å². The summed E-state index contributed by atoms with van der Waals surface area (Å²) >= 11 is 3.46. The van der Waals surface area contributed by atoms with Crippen LogP contribution in [0.4, 0.5) is 0 Å². The number of carbonyl (C=O) groups is 1. The maximum Gasteiger partial charge on any atom is 0.234 e. The summed E-state index contributed by atoms with van der Waals surface area (Å²) in [5.41, 5.74) is 1.97. The summed E-state index contributed by atoms with van der Waals surface area (Å²) in [6.07, 6.45) is 0. The second-order valence-corrected chi connectivity index (χ2v) is 8.60. The van der Waals surface area contributed by atoms with E-state index in [0.717, 1.165) is 16.9 Å². The number of amides is 1. The molecule has 1 aliphatic heterocycles. The summed E-state index contributed by atoms with van der Waals surface area (Å²) < 4.78 is 16.4. The van der Waals surface area contributed by atoms with Crippen molar-refractivity contribution in [2.45, 2.75) is 23.7 Å². The molecule has 1 fully saturated rings. The molecule has 0 bridgehead atoms. The van der Waals surface area contributed by atoms with E-state index in [0.29, 0.717) is 29.5 Å². The van der Waals surface area contributed by atoms with E-state index in [9.17, 15) is 4.79 Å². The molecule has 1 heterocycles. The normalized spacial score (nSPS) is 16.4. The topological polar surface area (TPSA) is 48.0 Å². The van der Waals surface area contributed by atoms with Crippen molar-refractivity contribution in [1.82, 2.24) is 4.90 Å². The molecule has 28 heavy (non-hydrogen) atoms. The van der Waals surface area contributed by atoms with Crippen molar-refractivity contribution in [3.63, 3.8) is 0 Å². The van der Waals surface area contributed by atoms with Gasteiger partial charge in [0.15, 0.2) is 0 Å². The van der Waals surface area contributed by atoms with Gasteiger partial charge >= 0.3 is 0 Å². The van der Waals surface area contributed by atoms with Gasteiger partial charge in [0.25, 0.3) is 0 Å². The number of carbonyl (C=O) groups excluding carboxylic acids is 1. The number of ether oxygens (including phenoxy) is 3. The predicted octanol–water partition coefficient (Wildman–Crippen LogP) is 4.60. The molecule has 7 heteroatoms. The van der Waals surface area contributed by atoms with E-state index < -0.39 is 0 Å². The highest BCUT2D eigenvalue weighted by molar-refractivity contribution is 8.00. The Balaban J connectivity index is 1.90. The van der Waals surface area contributed by atoms with Crippen LogP contribution in [0.15, 0.2) is 41.3 Å². The number of thioether (sulfide) groups is 2. The minimum atomic E-state index is -0.0234. The van der Waals surface area contributed by atoms with E-state index in [1.54, 1.807) is 33.1 Å². The lowest BCUT2D eigenvalue weighted by atomic mass is 10.1. The Kier molecular flexibility index (Phi) is 7.02. The van der Waals surface area contributed by atoms with Gasteiger partial charge in [-0.1, -0.05) is 19.1 Å². The van der Waals surface area contributed by atoms with Gasteiger partial charge in [-0.2, -0.15) is 0 Å². The van der Waals surface area contributed by atoms with E-state index in [2.05, 4.69) is 31.2 Å². The van der Waals surface area contributed by atoms with Gasteiger partial charge in [0.1, 0.15) is 22.6 Å². The summed E-state index contributed by atoms with van der Waals surface area (Å²) in [6, 6.07) is 12.1. The lowest BCUT2D eigenvalue weighted by Gasteiger charge is -2.26. The quantitative estimate of drug-likeness (QED) is 0.583. The molecule has 5 nitrogen and oxygen atoms in total. The first-order chi connectivity index (χ1) is 13.6. The Morgan fingerprint density at radius 3 is 2.25 bits per heavy atom. The van der Waals surface area contributed by atoms with Crippen LogP contribution in [-0.4, -0.2) is 43.6 Å². The second kappa shape index (κ2) is 9.47. The summed E-state index contributed by atoms with van der Waals surface area (Å²) in [5.74, 6) is 3.57. The fraction of sp³-hybridized carbons (Fsp3) is 0.381. The Morgan fingerprint density at radius 1 is 1.07 bits per heavy atom. The first-order valence-corrected chi connectivity index (χ1v) is 11.1. The lowest BCUT2D eigenvalue weighted by Crippen LogP contribution is -2.28. The van der Waals surface area contributed by atoms with Crippen LogP contribution in [0.25, 0.3) is 0 Å². The smallest absolute Gasteiger partial charge is 0.234 e. The second-order valence-electron chi connectivity index (χ2n) is 6.20. The van der Waals surface area contributed by atoms with Gasteiger partial charge in [-0.05, 0) is 23.4 Å². The highest BCUT2D eigenvalue weighted by Crippen LogP contribution is 2.43. The fourth-order valence-electron chi connectivity index (χ4n) is 3.20. The molecule has 0 saturated carbocycles. The van der Waals surface area contributed by atoms with Crippen molar-refractivity contribution >= 4 is 29.4 Å². The SMILES string of the molecule is CCSc1ccc(C2SCC(=O)N2Cc2c(OC)cc(OC)cc2OC)cc1. The van der Waals surface area contributed by atoms with Crippen molar-refractivity contribution in [3.05, 3.63) is 47.5 Å². The van der Waals surface area contributed by atoms with Crippen LogP contribution in [0.1, 0.15) is 23.4 Å². The minimum Gasteiger partial charge on any atom is -0.496 e. The average Bonchev–Trinajstić information content (AvgIpc) is 3.09. The molecule has 2 aromatic carbocycles. The van der Waals surface area contributed by atoms with Crippen molar-refractivity contribution < 1.29 is 19.0 Å². The molecule has 1 atom stereocenters. The largest absolute Gasteiger partial charge is 0.496 e. The number of benzene rings is 2. The number of nitrogens with zero attached hydrogens (tertiary/aromatic N) is 1. The highest BCUT2D eigenvalue weighted by Gasteiger charge is 2.34. The number of hydrogen-bond acceptors (Lipinski definition) is 6. The average molecular weight is 420 g/mol. The molecule has 3 rings (SSSR count). The van der Waals surface area contributed by atoms with Gasteiger partial charge in [0.2, 0.25) is 5.91 Å². The van der Waals surface area contributed by atoms with Gasteiger partial charge in [-0.15, -0.1) is 23.5 Å². The Hall–Kier alpha value is -1.99. The number of methoxy groups -OCH3 is 3. The molecule has 1 amide bonds. The predicted molar refractivity (Wildman–Crippen MR) is 115 cm³/mol. The van der Waals surface area contributed by atoms with Crippen molar-refractivity contribution in [1.29, 1.82) is 0 Å². The van der Waals surface area contributed by atoms with Gasteiger partial charge in [0, 0.05) is 17.0 Å². The molecule has 0 N–H and O–H groups in total. The van der Waals surface area contributed by atoms with E-state index in [1.807, 2.05) is 28.8 Å². The molecular formula is C21H25NO4S2. The van der Waals surface area contributed by atoms with Gasteiger partial charge < -0.3 is 19.1 Å². The molecule has 2 aromatic rings. The first kappa shape index (κ1) is 20.7. The Morgan fingerprint density at radius 2 is 1.71 bits per heavy atom. The third-order valence-corrected chi connectivity index (χ3v) is 6.74. The van der Waals surface area contributed by atoms with E-state index in [-0.39, 0.29) is 11.3 Å². The van der Waals surface area contributed by atoms with Crippen LogP contribution in [0, 0.1) is 0 Å². The van der Waals surface area contributed by atoms with Crippen molar-refractivity contribution in [2.24, 2.45) is 0 Å². The van der Waals surface area contributed by atoms with Crippen LogP contribution >= 0.6 is 23.5 Å². The third-order valence-electron chi connectivity index (χ3n) is 4.59. The lowest BCUT2D eigenvalue weighted by molar-refractivity contribution is -0.128. The standard InChI is InChI=1S/C21H25NO4S2/c1-5-27-16-8-6-14(7-9-16)21-22(20(23)13-28-21)12-17-18(25-3)10-15(24-2)11-19(17)26-4/h6-11,21H,5,12-13H2,1-4H3. The zero-order chi connectivity index (χ0) is 20.1. The molecule has 1 saturated heterocycles. The monoisotopic (exact) mass is 419 g/mol. The number of rotatable bonds is 8. The van der Waals surface area contributed by atoms with E-state index >= 15 is 0 Å². The summed E-state index contributed by atoms with van der Waals surface area (Å²) in [5, 5.41) is -0.0234. The van der Waals surface area contributed by atoms with E-state index in [4.69, 9.17) is 14.2 Å². The van der Waals surface area contributed by atoms with Crippen molar-refractivity contribution in [3.8, 4) is 17.2 Å². The molecule has 0 aromatic heterocycles. The maximum absolute atomic E-state index is 12.6. The van der Waals surface area contributed by atoms with Crippen molar-refractivity contribution in [2.75, 3.05) is 32.8 Å². The molecular weight excluding hydrogens is 394 g/mol. The summed E-state index contributed by atoms with van der Waals surface area (Å²) in [6.45, 7) is 2.56. The van der Waals surface area contributed by atoms with Crippen LogP contribution in [0.5, 0.6) is 17.2 Å². The molecule has 1 aliphatic rings. The van der Waals surface area contributed by atoms with Crippen LogP contribution in [-0.2, 0) is 11.3 Å². The molecule has 1 unspecified atom stereocenters. The van der Waals surface area contributed by atoms with Crippen LogP contribution < -0.4 is 14.2 Å². The first-order valence-electron chi connectivity index (χ1n) is 9.04.